The Bertz CT molecular complexity index is 559. The minimum absolute atomic E-state index is 0.764. The molecule has 0 unspecified atom stereocenters. The number of hydrogen-bond donors (Lipinski definition) is 1. The zero-order chi connectivity index (χ0) is 13.8. The summed E-state index contributed by atoms with van der Waals surface area (Å²) in [5, 5.41) is 7.55. The van der Waals surface area contributed by atoms with Crippen LogP contribution < -0.4 is 5.32 Å². The minimum atomic E-state index is 0.764. The molecular formula is C14H21N5. The number of nitrogens with one attached hydrogen (secondary N) is 1. The monoisotopic (exact) mass is 259 g/mol. The molecule has 0 saturated carbocycles. The van der Waals surface area contributed by atoms with Crippen molar-refractivity contribution in [1.82, 2.24) is 19.7 Å². The van der Waals surface area contributed by atoms with Crippen LogP contribution in [0.5, 0.6) is 0 Å². The third kappa shape index (κ3) is 2.92. The molecular weight excluding hydrogens is 238 g/mol. The number of aromatic nitrogens is 4. The molecule has 0 aliphatic carbocycles. The van der Waals surface area contributed by atoms with Gasteiger partial charge in [0, 0.05) is 32.1 Å². The van der Waals surface area contributed by atoms with Gasteiger partial charge in [-0.3, -0.25) is 4.68 Å². The highest BCUT2D eigenvalue weighted by Crippen LogP contribution is 2.22. The van der Waals surface area contributed by atoms with E-state index in [9.17, 15) is 0 Å². The summed E-state index contributed by atoms with van der Waals surface area (Å²) in [5.41, 5.74) is 3.14. The molecule has 2 aromatic heterocycles. The van der Waals surface area contributed by atoms with E-state index in [0.29, 0.717) is 0 Å². The van der Waals surface area contributed by atoms with Gasteiger partial charge in [-0.25, -0.2) is 9.97 Å². The first-order chi connectivity index (χ1) is 9.17. The summed E-state index contributed by atoms with van der Waals surface area (Å²) in [5.74, 6) is 1.62. The van der Waals surface area contributed by atoms with Crippen molar-refractivity contribution in [2.24, 2.45) is 7.05 Å². The number of nitrogens with zero attached hydrogens (tertiary/aromatic N) is 4. The van der Waals surface area contributed by atoms with Crippen LogP contribution in [0.15, 0.2) is 12.3 Å². The molecule has 2 rings (SSSR count). The molecule has 0 fully saturated rings. The van der Waals surface area contributed by atoms with Crippen LogP contribution in [0.4, 0.5) is 5.82 Å². The van der Waals surface area contributed by atoms with Crippen molar-refractivity contribution in [2.45, 2.75) is 33.1 Å². The van der Waals surface area contributed by atoms with Gasteiger partial charge in [0.1, 0.15) is 5.82 Å². The lowest BCUT2D eigenvalue weighted by Gasteiger charge is -2.07. The highest BCUT2D eigenvalue weighted by atomic mass is 15.3. The van der Waals surface area contributed by atoms with Gasteiger partial charge >= 0.3 is 0 Å². The van der Waals surface area contributed by atoms with Crippen molar-refractivity contribution in [3.8, 4) is 11.4 Å². The molecule has 0 radical (unpaired) electrons. The van der Waals surface area contributed by atoms with E-state index in [0.717, 1.165) is 47.9 Å². The van der Waals surface area contributed by atoms with Crippen LogP contribution >= 0.6 is 0 Å². The fraction of sp³-hybridized carbons (Fsp3) is 0.500. The van der Waals surface area contributed by atoms with E-state index in [-0.39, 0.29) is 0 Å². The van der Waals surface area contributed by atoms with Gasteiger partial charge < -0.3 is 5.32 Å². The zero-order valence-corrected chi connectivity index (χ0v) is 12.1. The Morgan fingerprint density at radius 2 is 2.05 bits per heavy atom. The van der Waals surface area contributed by atoms with E-state index in [1.54, 1.807) is 0 Å². The number of aryl methyl sites for hydroxylation is 3. The lowest BCUT2D eigenvalue weighted by Crippen LogP contribution is -2.01. The Morgan fingerprint density at radius 1 is 1.26 bits per heavy atom. The summed E-state index contributed by atoms with van der Waals surface area (Å²) in [4.78, 5) is 9.21. The summed E-state index contributed by atoms with van der Waals surface area (Å²) < 4.78 is 1.82. The Balaban J connectivity index is 2.50. The normalized spacial score (nSPS) is 10.7. The van der Waals surface area contributed by atoms with Crippen molar-refractivity contribution in [3.63, 3.8) is 0 Å². The maximum atomic E-state index is 4.66. The highest BCUT2D eigenvalue weighted by Gasteiger charge is 2.13. The number of anilines is 1. The smallest absolute Gasteiger partial charge is 0.165 e. The lowest BCUT2D eigenvalue weighted by molar-refractivity contribution is 0.746. The van der Waals surface area contributed by atoms with E-state index in [4.69, 9.17) is 0 Å². The second-order valence-electron chi connectivity index (χ2n) is 4.58. The van der Waals surface area contributed by atoms with E-state index in [1.807, 2.05) is 31.0 Å². The van der Waals surface area contributed by atoms with E-state index in [1.165, 1.54) is 0 Å². The second-order valence-corrected chi connectivity index (χ2v) is 4.58. The first-order valence-corrected chi connectivity index (χ1v) is 6.76. The van der Waals surface area contributed by atoms with Gasteiger partial charge in [0.15, 0.2) is 5.82 Å². The third-order valence-corrected chi connectivity index (χ3v) is 3.02. The first-order valence-electron chi connectivity index (χ1n) is 6.76. The van der Waals surface area contributed by atoms with Crippen molar-refractivity contribution in [1.29, 1.82) is 0 Å². The van der Waals surface area contributed by atoms with Crippen LogP contribution in [0.1, 0.15) is 31.7 Å². The summed E-state index contributed by atoms with van der Waals surface area (Å²) >= 11 is 0. The number of hydrogen-bond acceptors (Lipinski definition) is 4. The maximum absolute atomic E-state index is 4.66. The molecule has 102 valence electrons. The topological polar surface area (TPSA) is 55.6 Å². The van der Waals surface area contributed by atoms with Gasteiger partial charge in [0.25, 0.3) is 0 Å². The third-order valence-electron chi connectivity index (χ3n) is 3.02. The summed E-state index contributed by atoms with van der Waals surface area (Å²) in [7, 11) is 3.81. The van der Waals surface area contributed by atoms with E-state index >= 15 is 0 Å². The molecule has 19 heavy (non-hydrogen) atoms. The molecule has 0 saturated heterocycles. The zero-order valence-electron chi connectivity index (χ0n) is 12.1. The highest BCUT2D eigenvalue weighted by molar-refractivity contribution is 5.59. The van der Waals surface area contributed by atoms with Crippen molar-refractivity contribution >= 4 is 5.82 Å². The first kappa shape index (κ1) is 13.5. The molecule has 5 nitrogen and oxygen atoms in total. The van der Waals surface area contributed by atoms with Gasteiger partial charge in [-0.1, -0.05) is 20.3 Å². The summed E-state index contributed by atoms with van der Waals surface area (Å²) in [6.07, 6.45) is 4.91. The Hall–Kier alpha value is -1.91. The van der Waals surface area contributed by atoms with E-state index < -0.39 is 0 Å². The SMILES string of the molecule is CCCc1cc(NC)nc(-c2cn(C)nc2CC)n1. The molecule has 1 N–H and O–H groups in total. The average molecular weight is 259 g/mol. The van der Waals surface area contributed by atoms with Crippen LogP contribution in [0.2, 0.25) is 0 Å². The molecule has 2 aromatic rings. The van der Waals surface area contributed by atoms with Crippen LogP contribution in [-0.2, 0) is 19.9 Å². The van der Waals surface area contributed by atoms with Gasteiger partial charge in [-0.15, -0.1) is 0 Å². The lowest BCUT2D eigenvalue weighted by atomic mass is 10.2. The van der Waals surface area contributed by atoms with Gasteiger partial charge in [0.05, 0.1) is 11.3 Å². The maximum Gasteiger partial charge on any atom is 0.165 e. The minimum Gasteiger partial charge on any atom is -0.373 e. The molecule has 0 amide bonds. The van der Waals surface area contributed by atoms with Crippen LogP contribution in [0.25, 0.3) is 11.4 Å². The van der Waals surface area contributed by atoms with Crippen molar-refractivity contribution in [3.05, 3.63) is 23.7 Å². The molecule has 0 aromatic carbocycles. The van der Waals surface area contributed by atoms with Crippen molar-refractivity contribution in [2.75, 3.05) is 12.4 Å². The molecule has 0 spiro atoms. The molecule has 0 bridgehead atoms. The molecule has 5 heteroatoms. The summed E-state index contributed by atoms with van der Waals surface area (Å²) in [6, 6.07) is 2.01. The predicted molar refractivity (Wildman–Crippen MR) is 77.2 cm³/mol. The Kier molecular flexibility index (Phi) is 4.14. The predicted octanol–water partition coefficient (Wildman–Crippen LogP) is 2.43. The Morgan fingerprint density at radius 3 is 2.68 bits per heavy atom. The Labute approximate surface area is 114 Å². The van der Waals surface area contributed by atoms with Gasteiger partial charge in [-0.05, 0) is 12.8 Å². The molecule has 0 aliphatic heterocycles. The average Bonchev–Trinajstić information content (AvgIpc) is 2.80. The quantitative estimate of drug-likeness (QED) is 0.896. The van der Waals surface area contributed by atoms with Gasteiger partial charge in [0.2, 0.25) is 0 Å². The van der Waals surface area contributed by atoms with Crippen LogP contribution in [-0.4, -0.2) is 26.8 Å². The second kappa shape index (κ2) is 5.82. The van der Waals surface area contributed by atoms with Crippen LogP contribution in [0, 0.1) is 0 Å². The number of rotatable bonds is 5. The fourth-order valence-corrected chi connectivity index (χ4v) is 2.11. The molecule has 0 atom stereocenters. The van der Waals surface area contributed by atoms with Crippen molar-refractivity contribution < 1.29 is 0 Å². The standard InChI is InChI=1S/C14H21N5/c1-5-7-10-8-13(15-3)17-14(16-10)11-9-19(4)18-12(11)6-2/h8-9H,5-7H2,1-4H3,(H,15,16,17). The van der Waals surface area contributed by atoms with Gasteiger partial charge in [-0.2, -0.15) is 5.10 Å². The molecule has 0 aliphatic rings. The summed E-state index contributed by atoms with van der Waals surface area (Å²) in [6.45, 7) is 4.25. The largest absolute Gasteiger partial charge is 0.373 e. The van der Waals surface area contributed by atoms with E-state index in [2.05, 4.69) is 34.2 Å². The van der Waals surface area contributed by atoms with Crippen LogP contribution in [0.3, 0.4) is 0 Å². The molecule has 2 heterocycles. The fourth-order valence-electron chi connectivity index (χ4n) is 2.11.